The lowest BCUT2D eigenvalue weighted by atomic mass is 9.86. The van der Waals surface area contributed by atoms with Gasteiger partial charge in [0, 0.05) is 35.7 Å². The number of pyridine rings is 1. The van der Waals surface area contributed by atoms with Crippen molar-refractivity contribution >= 4 is 23.6 Å². The number of nitrogens with zero attached hydrogens (tertiary/aromatic N) is 4. The number of nitrogens with one attached hydrogen (secondary N) is 2. The molecule has 1 fully saturated rings. The Hall–Kier alpha value is -4.44. The van der Waals surface area contributed by atoms with Crippen molar-refractivity contribution in [1.29, 1.82) is 0 Å². The molecule has 2 aromatic heterocycles. The van der Waals surface area contributed by atoms with E-state index in [9.17, 15) is 9.59 Å². The molecule has 2 amide bonds. The average molecular weight is 643 g/mol. The number of rotatable bonds is 7. The quantitative estimate of drug-likeness (QED) is 0.244. The Morgan fingerprint density at radius 3 is 2.43 bits per heavy atom. The van der Waals surface area contributed by atoms with E-state index in [1.807, 2.05) is 66.7 Å². The van der Waals surface area contributed by atoms with Gasteiger partial charge < -0.3 is 20.1 Å². The highest BCUT2D eigenvalue weighted by atomic mass is 35.5. The molecule has 2 atom stereocenters. The van der Waals surface area contributed by atoms with E-state index in [1.54, 1.807) is 27.0 Å². The molecule has 10 nitrogen and oxygen atoms in total. The fraction of sp³-hybridized carbons (Fsp3) is 0.400. The standard InChI is InChI=1S/C35H39ClN6O4/c1-35(2,3)46-34(44)39-31(22-9-5-4-6-10-22)33(43)38-26-20-24-19-25(36)14-17-28(24)42-29(21-26)40-41-32(42)23-12-15-27(16-13-23)45-30-11-7-8-18-37-30/h4-11,14,17-19,23,26-27,31H,12-13,15-16,20-21H2,1-3H3,(H,38,43)(H,39,44)/t23-,26-,27-,31+/m1/s1. The number of hydrogen-bond donors (Lipinski definition) is 2. The highest BCUT2D eigenvalue weighted by Crippen LogP contribution is 2.37. The number of amides is 2. The summed E-state index contributed by atoms with van der Waals surface area (Å²) in [5, 5.41) is 15.9. The molecule has 1 aliphatic heterocycles. The largest absolute Gasteiger partial charge is 0.474 e. The molecule has 2 aromatic carbocycles. The van der Waals surface area contributed by atoms with Gasteiger partial charge in [0.25, 0.3) is 0 Å². The molecule has 2 aliphatic rings. The van der Waals surface area contributed by atoms with Gasteiger partial charge in [-0.05, 0) is 88.3 Å². The minimum Gasteiger partial charge on any atom is -0.474 e. The van der Waals surface area contributed by atoms with Crippen molar-refractivity contribution in [2.75, 3.05) is 0 Å². The molecule has 2 N–H and O–H groups in total. The van der Waals surface area contributed by atoms with Gasteiger partial charge in [-0.25, -0.2) is 9.78 Å². The maximum Gasteiger partial charge on any atom is 0.408 e. The van der Waals surface area contributed by atoms with E-state index < -0.39 is 17.7 Å². The summed E-state index contributed by atoms with van der Waals surface area (Å²) in [4.78, 5) is 30.9. The number of ether oxygens (including phenoxy) is 2. The Labute approximate surface area is 273 Å². The molecular formula is C35H39ClN6O4. The van der Waals surface area contributed by atoms with Crippen LogP contribution in [-0.2, 0) is 22.4 Å². The summed E-state index contributed by atoms with van der Waals surface area (Å²) >= 11 is 6.49. The van der Waals surface area contributed by atoms with E-state index in [2.05, 4.69) is 25.3 Å². The molecule has 3 heterocycles. The van der Waals surface area contributed by atoms with Gasteiger partial charge >= 0.3 is 6.09 Å². The van der Waals surface area contributed by atoms with Gasteiger partial charge in [-0.3, -0.25) is 9.36 Å². The van der Waals surface area contributed by atoms with E-state index in [0.717, 1.165) is 48.6 Å². The van der Waals surface area contributed by atoms with E-state index in [0.29, 0.717) is 29.3 Å². The van der Waals surface area contributed by atoms with Crippen LogP contribution in [0, 0.1) is 0 Å². The second-order valence-corrected chi connectivity index (χ2v) is 13.4. The van der Waals surface area contributed by atoms with Crippen molar-refractivity contribution in [3.8, 4) is 11.6 Å². The fourth-order valence-electron chi connectivity index (χ4n) is 6.27. The van der Waals surface area contributed by atoms with Crippen molar-refractivity contribution in [3.05, 3.63) is 101 Å². The summed E-state index contributed by atoms with van der Waals surface area (Å²) < 4.78 is 13.8. The Morgan fingerprint density at radius 1 is 0.957 bits per heavy atom. The van der Waals surface area contributed by atoms with Crippen LogP contribution in [0.2, 0.25) is 5.02 Å². The summed E-state index contributed by atoms with van der Waals surface area (Å²) in [5.74, 6) is 2.20. The van der Waals surface area contributed by atoms with Gasteiger partial charge in [0.1, 0.15) is 29.4 Å². The number of carbonyl (C=O) groups excluding carboxylic acids is 2. The second-order valence-electron chi connectivity index (χ2n) is 12.9. The van der Waals surface area contributed by atoms with Crippen molar-refractivity contribution in [1.82, 2.24) is 30.4 Å². The molecule has 0 saturated heterocycles. The number of benzene rings is 2. The zero-order chi connectivity index (χ0) is 32.3. The molecule has 4 aromatic rings. The lowest BCUT2D eigenvalue weighted by Crippen LogP contribution is -2.46. The first kappa shape index (κ1) is 31.5. The Bertz CT molecular complexity index is 1670. The first-order valence-corrected chi connectivity index (χ1v) is 16.2. The van der Waals surface area contributed by atoms with Crippen molar-refractivity contribution in [3.63, 3.8) is 0 Å². The fourth-order valence-corrected chi connectivity index (χ4v) is 6.46. The summed E-state index contributed by atoms with van der Waals surface area (Å²) in [5.41, 5.74) is 1.89. The Balaban J connectivity index is 1.22. The molecule has 0 unspecified atom stereocenters. The molecular weight excluding hydrogens is 604 g/mol. The summed E-state index contributed by atoms with van der Waals surface area (Å²) in [6.07, 6.45) is 5.77. The van der Waals surface area contributed by atoms with Crippen molar-refractivity contribution in [2.45, 2.75) is 89.0 Å². The molecule has 1 aliphatic carbocycles. The monoisotopic (exact) mass is 642 g/mol. The van der Waals surface area contributed by atoms with Crippen LogP contribution in [0.5, 0.6) is 5.88 Å². The van der Waals surface area contributed by atoms with Crippen LogP contribution in [0.4, 0.5) is 4.79 Å². The van der Waals surface area contributed by atoms with Gasteiger partial charge in [0.05, 0.1) is 5.69 Å². The first-order chi connectivity index (χ1) is 22.1. The first-order valence-electron chi connectivity index (χ1n) is 15.8. The van der Waals surface area contributed by atoms with Crippen LogP contribution in [-0.4, -0.2) is 49.5 Å². The number of alkyl carbamates (subject to hydrolysis) is 1. The number of halogens is 1. The molecule has 240 valence electrons. The smallest absolute Gasteiger partial charge is 0.408 e. The van der Waals surface area contributed by atoms with Gasteiger partial charge in [-0.1, -0.05) is 48.0 Å². The van der Waals surface area contributed by atoms with E-state index >= 15 is 0 Å². The topological polar surface area (TPSA) is 120 Å². The number of carbonyl (C=O) groups is 2. The van der Waals surface area contributed by atoms with Crippen LogP contribution >= 0.6 is 11.6 Å². The number of aromatic nitrogens is 4. The lowest BCUT2D eigenvalue weighted by Gasteiger charge is -2.28. The number of hydrogen-bond acceptors (Lipinski definition) is 7. The third-order valence-electron chi connectivity index (χ3n) is 8.30. The van der Waals surface area contributed by atoms with Crippen molar-refractivity contribution in [2.24, 2.45) is 0 Å². The van der Waals surface area contributed by atoms with E-state index in [4.69, 9.17) is 26.2 Å². The zero-order valence-corrected chi connectivity index (χ0v) is 27.0. The summed E-state index contributed by atoms with van der Waals surface area (Å²) in [6, 6.07) is 19.4. The highest BCUT2D eigenvalue weighted by Gasteiger charge is 2.34. The molecule has 11 heteroatoms. The average Bonchev–Trinajstić information content (AvgIpc) is 3.36. The lowest BCUT2D eigenvalue weighted by molar-refractivity contribution is -0.124. The van der Waals surface area contributed by atoms with E-state index in [1.165, 1.54) is 0 Å². The Morgan fingerprint density at radius 2 is 1.72 bits per heavy atom. The molecule has 0 radical (unpaired) electrons. The predicted octanol–water partition coefficient (Wildman–Crippen LogP) is 6.27. The van der Waals surface area contributed by atoms with E-state index in [-0.39, 0.29) is 24.0 Å². The molecule has 1 saturated carbocycles. The third kappa shape index (κ3) is 7.50. The normalized spacial score (nSPS) is 20.0. The maximum atomic E-state index is 13.9. The summed E-state index contributed by atoms with van der Waals surface area (Å²) in [7, 11) is 0. The minimum atomic E-state index is -0.949. The SMILES string of the molecule is CC(C)(C)OC(=O)N[C@H](C(=O)N[C@@H]1Cc2cc(Cl)ccc2-n2c(nnc2[C@H]2CC[C@H](Oc3ccccn3)CC2)C1)c1ccccc1. The van der Waals surface area contributed by atoms with Crippen LogP contribution < -0.4 is 15.4 Å². The van der Waals surface area contributed by atoms with Gasteiger partial charge in [0.2, 0.25) is 11.8 Å². The third-order valence-corrected chi connectivity index (χ3v) is 8.54. The Kier molecular flexibility index (Phi) is 9.26. The van der Waals surface area contributed by atoms with Crippen LogP contribution in [0.3, 0.4) is 0 Å². The van der Waals surface area contributed by atoms with Crippen LogP contribution in [0.15, 0.2) is 72.9 Å². The maximum absolute atomic E-state index is 13.9. The van der Waals surface area contributed by atoms with Gasteiger partial charge in [-0.2, -0.15) is 0 Å². The molecule has 46 heavy (non-hydrogen) atoms. The number of fused-ring (bicyclic) bond motifs is 3. The second kappa shape index (κ2) is 13.5. The highest BCUT2D eigenvalue weighted by molar-refractivity contribution is 6.30. The zero-order valence-electron chi connectivity index (χ0n) is 26.3. The molecule has 0 spiro atoms. The molecule has 6 rings (SSSR count). The summed E-state index contributed by atoms with van der Waals surface area (Å²) in [6.45, 7) is 5.35. The predicted molar refractivity (Wildman–Crippen MR) is 174 cm³/mol. The van der Waals surface area contributed by atoms with Crippen molar-refractivity contribution < 1.29 is 19.1 Å². The van der Waals surface area contributed by atoms with Crippen LogP contribution in [0.25, 0.3) is 5.69 Å². The molecule has 0 bridgehead atoms. The van der Waals surface area contributed by atoms with Gasteiger partial charge in [-0.15, -0.1) is 10.2 Å². The minimum absolute atomic E-state index is 0.107. The van der Waals surface area contributed by atoms with Gasteiger partial charge in [0.15, 0.2) is 0 Å². The van der Waals surface area contributed by atoms with Crippen LogP contribution in [0.1, 0.15) is 81.2 Å².